The predicted octanol–water partition coefficient (Wildman–Crippen LogP) is 1.61. The summed E-state index contributed by atoms with van der Waals surface area (Å²) >= 11 is 0. The van der Waals surface area contributed by atoms with Gasteiger partial charge in [-0.1, -0.05) is 20.8 Å². The quantitative estimate of drug-likeness (QED) is 0.658. The van der Waals surface area contributed by atoms with Crippen molar-refractivity contribution < 1.29 is 4.79 Å². The van der Waals surface area contributed by atoms with Crippen molar-refractivity contribution in [1.29, 1.82) is 0 Å². The van der Waals surface area contributed by atoms with E-state index in [-0.39, 0.29) is 5.91 Å². The molecule has 0 aromatic heterocycles. The van der Waals surface area contributed by atoms with Crippen molar-refractivity contribution in [3.63, 3.8) is 0 Å². The lowest BCUT2D eigenvalue weighted by molar-refractivity contribution is -0.121. The lowest BCUT2D eigenvalue weighted by Crippen LogP contribution is -2.38. The maximum atomic E-state index is 11.7. The minimum Gasteiger partial charge on any atom is -0.356 e. The molecule has 112 valence electrons. The first-order chi connectivity index (χ1) is 9.11. The fourth-order valence-electron chi connectivity index (χ4n) is 2.49. The molecule has 1 amide bonds. The van der Waals surface area contributed by atoms with Crippen molar-refractivity contribution in [3.8, 4) is 0 Å². The van der Waals surface area contributed by atoms with Crippen molar-refractivity contribution in [3.05, 3.63) is 0 Å². The van der Waals surface area contributed by atoms with Gasteiger partial charge in [0, 0.05) is 19.0 Å². The smallest absolute Gasteiger partial charge is 0.220 e. The van der Waals surface area contributed by atoms with E-state index < -0.39 is 0 Å². The lowest BCUT2D eigenvalue weighted by Gasteiger charge is -2.31. The van der Waals surface area contributed by atoms with E-state index in [1.807, 2.05) is 0 Å². The van der Waals surface area contributed by atoms with Crippen LogP contribution in [0.4, 0.5) is 0 Å². The largest absolute Gasteiger partial charge is 0.356 e. The van der Waals surface area contributed by atoms with Gasteiger partial charge in [0.05, 0.1) is 0 Å². The normalized spacial score (nSPS) is 17.9. The first kappa shape index (κ1) is 16.4. The summed E-state index contributed by atoms with van der Waals surface area (Å²) in [6, 6.07) is 0.506. The molecule has 4 heteroatoms. The molecule has 1 fully saturated rings. The summed E-state index contributed by atoms with van der Waals surface area (Å²) < 4.78 is 0. The molecule has 4 nitrogen and oxygen atoms in total. The highest BCUT2D eigenvalue weighted by atomic mass is 16.1. The van der Waals surface area contributed by atoms with E-state index in [0.29, 0.717) is 18.4 Å². The van der Waals surface area contributed by atoms with Gasteiger partial charge in [-0.25, -0.2) is 0 Å². The van der Waals surface area contributed by atoms with E-state index in [9.17, 15) is 4.79 Å². The Morgan fingerprint density at radius 1 is 1.32 bits per heavy atom. The van der Waals surface area contributed by atoms with Crippen molar-refractivity contribution in [2.45, 2.75) is 52.5 Å². The molecule has 0 aromatic rings. The molecule has 0 aliphatic carbocycles. The van der Waals surface area contributed by atoms with Gasteiger partial charge < -0.3 is 15.5 Å². The van der Waals surface area contributed by atoms with Crippen molar-refractivity contribution in [1.82, 2.24) is 15.5 Å². The van der Waals surface area contributed by atoms with Gasteiger partial charge in [-0.3, -0.25) is 4.79 Å². The number of nitrogens with one attached hydrogen (secondary N) is 2. The summed E-state index contributed by atoms with van der Waals surface area (Å²) in [7, 11) is 0. The van der Waals surface area contributed by atoms with Gasteiger partial charge in [0.15, 0.2) is 0 Å². The number of carbonyl (C=O) groups excluding carboxylic acids is 1. The van der Waals surface area contributed by atoms with Gasteiger partial charge in [-0.2, -0.15) is 0 Å². The molecule has 0 radical (unpaired) electrons. The Kier molecular flexibility index (Phi) is 8.07. The molecule has 19 heavy (non-hydrogen) atoms. The Bertz CT molecular complexity index is 248. The summed E-state index contributed by atoms with van der Waals surface area (Å²) in [5.74, 6) is 0.893. The van der Waals surface area contributed by atoms with Gasteiger partial charge in [-0.05, 0) is 51.4 Å². The maximum absolute atomic E-state index is 11.7. The number of likely N-dealkylation sites (tertiary alicyclic amines) is 1. The number of amides is 1. The van der Waals surface area contributed by atoms with Crippen LogP contribution >= 0.6 is 0 Å². The SMILES string of the molecule is CCN1CCC(CNC(=O)CCCNC(C)C)CC1. The molecule has 0 atom stereocenters. The van der Waals surface area contributed by atoms with Gasteiger partial charge in [0.25, 0.3) is 0 Å². The molecular formula is C15H31N3O. The van der Waals surface area contributed by atoms with Crippen LogP contribution in [0, 0.1) is 5.92 Å². The monoisotopic (exact) mass is 269 g/mol. The zero-order valence-electron chi connectivity index (χ0n) is 12.9. The van der Waals surface area contributed by atoms with Gasteiger partial charge in [0.1, 0.15) is 0 Å². The summed E-state index contributed by atoms with van der Waals surface area (Å²) in [4.78, 5) is 14.2. The molecule has 1 aliphatic heterocycles. The molecule has 0 saturated carbocycles. The van der Waals surface area contributed by atoms with Gasteiger partial charge in [0.2, 0.25) is 5.91 Å². The Morgan fingerprint density at radius 2 is 2.00 bits per heavy atom. The fourth-order valence-corrected chi connectivity index (χ4v) is 2.49. The van der Waals surface area contributed by atoms with Crippen LogP contribution in [-0.2, 0) is 4.79 Å². The van der Waals surface area contributed by atoms with E-state index in [1.165, 1.54) is 25.9 Å². The first-order valence-corrected chi connectivity index (χ1v) is 7.84. The third-order valence-corrected chi connectivity index (χ3v) is 3.88. The minimum absolute atomic E-state index is 0.212. The molecule has 1 saturated heterocycles. The molecule has 0 bridgehead atoms. The molecule has 0 spiro atoms. The van der Waals surface area contributed by atoms with Crippen molar-refractivity contribution >= 4 is 5.91 Å². The number of hydrogen-bond donors (Lipinski definition) is 2. The molecular weight excluding hydrogens is 238 g/mol. The Balaban J connectivity index is 2.01. The van der Waals surface area contributed by atoms with E-state index in [0.717, 1.165) is 26.1 Å². The Labute approximate surface area is 118 Å². The van der Waals surface area contributed by atoms with Crippen LogP contribution in [0.1, 0.15) is 46.5 Å². The van der Waals surface area contributed by atoms with Crippen LogP contribution in [0.15, 0.2) is 0 Å². The maximum Gasteiger partial charge on any atom is 0.220 e. The topological polar surface area (TPSA) is 44.4 Å². The number of hydrogen-bond acceptors (Lipinski definition) is 3. The number of piperidine rings is 1. The van der Waals surface area contributed by atoms with Crippen LogP contribution < -0.4 is 10.6 Å². The second-order valence-corrected chi connectivity index (χ2v) is 5.89. The van der Waals surface area contributed by atoms with Crippen LogP contribution in [0.5, 0.6) is 0 Å². The van der Waals surface area contributed by atoms with Crippen molar-refractivity contribution in [2.24, 2.45) is 5.92 Å². The second-order valence-electron chi connectivity index (χ2n) is 5.89. The van der Waals surface area contributed by atoms with Crippen LogP contribution in [0.2, 0.25) is 0 Å². The second kappa shape index (κ2) is 9.32. The molecule has 1 heterocycles. The average Bonchev–Trinajstić information content (AvgIpc) is 2.41. The zero-order chi connectivity index (χ0) is 14.1. The standard InChI is InChI=1S/C15H31N3O/c1-4-18-10-7-14(8-11-18)12-17-15(19)6-5-9-16-13(2)3/h13-14,16H,4-12H2,1-3H3,(H,17,19). The summed E-state index contributed by atoms with van der Waals surface area (Å²) in [6.07, 6.45) is 4.03. The van der Waals surface area contributed by atoms with E-state index in [1.54, 1.807) is 0 Å². The summed E-state index contributed by atoms with van der Waals surface area (Å²) in [5, 5.41) is 6.42. The predicted molar refractivity (Wildman–Crippen MR) is 80.2 cm³/mol. The van der Waals surface area contributed by atoms with Gasteiger partial charge in [-0.15, -0.1) is 0 Å². The first-order valence-electron chi connectivity index (χ1n) is 7.84. The fraction of sp³-hybridized carbons (Fsp3) is 0.933. The van der Waals surface area contributed by atoms with E-state index >= 15 is 0 Å². The lowest BCUT2D eigenvalue weighted by atomic mass is 9.97. The van der Waals surface area contributed by atoms with E-state index in [4.69, 9.17) is 0 Å². The van der Waals surface area contributed by atoms with Crippen LogP contribution in [0.25, 0.3) is 0 Å². The molecule has 1 aliphatic rings. The number of carbonyl (C=O) groups is 1. The highest BCUT2D eigenvalue weighted by Crippen LogP contribution is 2.15. The zero-order valence-corrected chi connectivity index (χ0v) is 12.9. The third kappa shape index (κ3) is 7.53. The minimum atomic E-state index is 0.212. The Hall–Kier alpha value is -0.610. The van der Waals surface area contributed by atoms with Crippen LogP contribution in [-0.4, -0.2) is 49.6 Å². The molecule has 1 rings (SSSR count). The van der Waals surface area contributed by atoms with E-state index in [2.05, 4.69) is 36.3 Å². The third-order valence-electron chi connectivity index (χ3n) is 3.88. The molecule has 0 unspecified atom stereocenters. The number of nitrogens with zero attached hydrogens (tertiary/aromatic N) is 1. The number of rotatable bonds is 8. The molecule has 0 aromatic carbocycles. The highest BCUT2D eigenvalue weighted by molar-refractivity contribution is 5.75. The highest BCUT2D eigenvalue weighted by Gasteiger charge is 2.18. The molecule has 2 N–H and O–H groups in total. The van der Waals surface area contributed by atoms with Crippen molar-refractivity contribution in [2.75, 3.05) is 32.7 Å². The average molecular weight is 269 g/mol. The summed E-state index contributed by atoms with van der Waals surface area (Å²) in [5.41, 5.74) is 0. The van der Waals surface area contributed by atoms with Gasteiger partial charge >= 0.3 is 0 Å². The van der Waals surface area contributed by atoms with Crippen LogP contribution in [0.3, 0.4) is 0 Å². The summed E-state index contributed by atoms with van der Waals surface area (Å²) in [6.45, 7) is 11.8. The Morgan fingerprint density at radius 3 is 2.58 bits per heavy atom.